The number of hydrogen-bond acceptors (Lipinski definition) is 5. The molecule has 2 aliphatic rings. The zero-order valence-corrected chi connectivity index (χ0v) is 22.7. The van der Waals surface area contributed by atoms with Crippen LogP contribution in [0.2, 0.25) is 0 Å². The van der Waals surface area contributed by atoms with Gasteiger partial charge in [0.2, 0.25) is 5.91 Å². The average Bonchev–Trinajstić information content (AvgIpc) is 3.10. The Hall–Kier alpha value is -3.24. The lowest BCUT2D eigenvalue weighted by Crippen LogP contribution is -2.60. The van der Waals surface area contributed by atoms with Gasteiger partial charge >= 0.3 is 0 Å². The van der Waals surface area contributed by atoms with Crippen molar-refractivity contribution in [1.82, 2.24) is 20.5 Å². The standard InChI is InChI=1S/C28H37F2N7O/c1-17-14-36(23(11-32-17)12-33-19(3)35-18(2)31)15-27(38)37-16-28(4,5)24-13-34-22(10-26(24)37)8-20-6-7-21(29)9-25(20)30/h6-7,9-10,13,17,23,32H,8,11-12,14-16H2,1-5H3,(H2,31,33,35)/t17-,23-/m1/s1. The van der Waals surface area contributed by atoms with Crippen LogP contribution in [0.25, 0.3) is 0 Å². The number of nitrogens with zero attached hydrogens (tertiary/aromatic N) is 4. The number of pyridine rings is 1. The molecule has 1 fully saturated rings. The molecule has 0 saturated carbocycles. The number of amides is 1. The summed E-state index contributed by atoms with van der Waals surface area (Å²) in [4.78, 5) is 26.4. The molecule has 1 saturated heterocycles. The zero-order chi connectivity index (χ0) is 27.6. The van der Waals surface area contributed by atoms with Crippen molar-refractivity contribution in [3.05, 3.63) is 58.9 Å². The van der Waals surface area contributed by atoms with Crippen molar-refractivity contribution in [2.24, 2.45) is 4.99 Å². The highest BCUT2D eigenvalue weighted by Gasteiger charge is 2.39. The van der Waals surface area contributed by atoms with Crippen molar-refractivity contribution in [2.45, 2.75) is 58.5 Å². The fourth-order valence-electron chi connectivity index (χ4n) is 5.22. The lowest BCUT2D eigenvalue weighted by molar-refractivity contribution is -0.120. The van der Waals surface area contributed by atoms with Crippen LogP contribution in [0.15, 0.2) is 35.5 Å². The van der Waals surface area contributed by atoms with Gasteiger partial charge in [0.15, 0.2) is 0 Å². The molecule has 2 aliphatic heterocycles. The second-order valence-corrected chi connectivity index (χ2v) is 11.0. The zero-order valence-electron chi connectivity index (χ0n) is 22.7. The van der Waals surface area contributed by atoms with E-state index in [9.17, 15) is 13.6 Å². The van der Waals surface area contributed by atoms with Gasteiger partial charge in [0.1, 0.15) is 23.3 Å². The number of amidine groups is 2. The van der Waals surface area contributed by atoms with Gasteiger partial charge in [0, 0.05) is 73.6 Å². The highest BCUT2D eigenvalue weighted by Crippen LogP contribution is 2.40. The van der Waals surface area contributed by atoms with Crippen molar-refractivity contribution in [3.8, 4) is 0 Å². The molecule has 4 rings (SSSR count). The van der Waals surface area contributed by atoms with Crippen molar-refractivity contribution in [3.63, 3.8) is 0 Å². The van der Waals surface area contributed by atoms with Gasteiger partial charge in [-0.25, -0.2) is 13.8 Å². The third kappa shape index (κ3) is 6.42. The highest BCUT2D eigenvalue weighted by atomic mass is 19.1. The molecular formula is C28H37F2N7O. The van der Waals surface area contributed by atoms with Crippen LogP contribution in [-0.2, 0) is 16.6 Å². The molecule has 0 bridgehead atoms. The Labute approximate surface area is 223 Å². The van der Waals surface area contributed by atoms with Crippen LogP contribution in [0.3, 0.4) is 0 Å². The summed E-state index contributed by atoms with van der Waals surface area (Å²) in [5, 5.41) is 14.3. The van der Waals surface area contributed by atoms with E-state index in [1.54, 1.807) is 13.1 Å². The van der Waals surface area contributed by atoms with Crippen LogP contribution in [-0.4, -0.2) is 72.3 Å². The van der Waals surface area contributed by atoms with Gasteiger partial charge in [-0.15, -0.1) is 0 Å². The molecule has 8 nitrogen and oxygen atoms in total. The number of rotatable bonds is 6. The van der Waals surface area contributed by atoms with Crippen molar-refractivity contribution >= 4 is 23.3 Å². The summed E-state index contributed by atoms with van der Waals surface area (Å²) in [6, 6.07) is 5.74. The van der Waals surface area contributed by atoms with Gasteiger partial charge in [-0.3, -0.25) is 20.1 Å². The van der Waals surface area contributed by atoms with Crippen LogP contribution >= 0.6 is 0 Å². The van der Waals surface area contributed by atoms with E-state index in [0.717, 1.165) is 30.4 Å². The fraction of sp³-hybridized carbons (Fsp3) is 0.500. The smallest absolute Gasteiger partial charge is 0.241 e. The third-order valence-electron chi connectivity index (χ3n) is 7.19. The summed E-state index contributed by atoms with van der Waals surface area (Å²) >= 11 is 0. The number of piperazine rings is 1. The Balaban J connectivity index is 1.52. The first-order valence-corrected chi connectivity index (χ1v) is 13.0. The van der Waals surface area contributed by atoms with Crippen molar-refractivity contribution in [2.75, 3.05) is 37.6 Å². The molecule has 2 atom stereocenters. The molecule has 1 amide bonds. The maximum atomic E-state index is 14.3. The minimum absolute atomic E-state index is 0.00163. The number of hydrogen-bond donors (Lipinski definition) is 3. The predicted molar refractivity (Wildman–Crippen MR) is 146 cm³/mol. The Morgan fingerprint density at radius 2 is 2.05 bits per heavy atom. The third-order valence-corrected chi connectivity index (χ3v) is 7.19. The molecule has 38 heavy (non-hydrogen) atoms. The number of fused-ring (bicyclic) bond motifs is 1. The molecule has 0 aliphatic carbocycles. The van der Waals surface area contributed by atoms with Gasteiger partial charge in [-0.1, -0.05) is 19.9 Å². The minimum Gasteiger partial charge on any atom is -0.372 e. The number of halogens is 2. The molecule has 2 aromatic rings. The number of carbonyl (C=O) groups excluding carboxylic acids is 1. The highest BCUT2D eigenvalue weighted by molar-refractivity contribution is 5.97. The van der Waals surface area contributed by atoms with Crippen LogP contribution in [0, 0.1) is 17.0 Å². The molecule has 0 radical (unpaired) electrons. The van der Waals surface area contributed by atoms with Gasteiger partial charge in [-0.05, 0) is 38.5 Å². The molecule has 10 heteroatoms. The Bertz CT molecular complexity index is 1250. The van der Waals surface area contributed by atoms with E-state index in [-0.39, 0.29) is 42.2 Å². The number of carbonyl (C=O) groups is 1. The van der Waals surface area contributed by atoms with E-state index < -0.39 is 11.6 Å². The lowest BCUT2D eigenvalue weighted by atomic mass is 9.88. The van der Waals surface area contributed by atoms with Crippen molar-refractivity contribution in [1.29, 1.82) is 5.41 Å². The van der Waals surface area contributed by atoms with Gasteiger partial charge < -0.3 is 15.5 Å². The summed E-state index contributed by atoms with van der Waals surface area (Å²) in [6.07, 6.45) is 1.99. The summed E-state index contributed by atoms with van der Waals surface area (Å²) in [7, 11) is 0. The Morgan fingerprint density at radius 1 is 1.29 bits per heavy atom. The molecule has 3 heterocycles. The number of aliphatic imine (C=N–C) groups is 1. The molecule has 204 valence electrons. The summed E-state index contributed by atoms with van der Waals surface area (Å²) < 4.78 is 27.6. The van der Waals surface area contributed by atoms with E-state index in [1.165, 1.54) is 12.1 Å². The monoisotopic (exact) mass is 525 g/mol. The van der Waals surface area contributed by atoms with E-state index in [4.69, 9.17) is 5.41 Å². The summed E-state index contributed by atoms with van der Waals surface area (Å²) in [5.74, 6) is -0.306. The largest absolute Gasteiger partial charge is 0.372 e. The first kappa shape index (κ1) is 27.8. The van der Waals surface area contributed by atoms with Crippen LogP contribution in [0.4, 0.5) is 14.5 Å². The number of nitrogens with one attached hydrogen (secondary N) is 3. The summed E-state index contributed by atoms with van der Waals surface area (Å²) in [5.41, 5.74) is 2.49. The fourth-order valence-corrected chi connectivity index (χ4v) is 5.22. The molecular weight excluding hydrogens is 488 g/mol. The summed E-state index contributed by atoms with van der Waals surface area (Å²) in [6.45, 7) is 12.6. The second kappa shape index (κ2) is 11.2. The number of aromatic nitrogens is 1. The Kier molecular flexibility index (Phi) is 8.22. The quantitative estimate of drug-likeness (QED) is 0.398. The number of anilines is 1. The Morgan fingerprint density at radius 3 is 2.76 bits per heavy atom. The van der Waals surface area contributed by atoms with Crippen LogP contribution in [0.5, 0.6) is 0 Å². The first-order chi connectivity index (χ1) is 17.9. The van der Waals surface area contributed by atoms with Crippen LogP contribution < -0.4 is 15.5 Å². The topological polar surface area (TPSA) is 96.7 Å². The molecule has 0 unspecified atom stereocenters. The second-order valence-electron chi connectivity index (χ2n) is 11.0. The molecule has 1 aromatic carbocycles. The van der Waals surface area contributed by atoms with E-state index in [1.807, 2.05) is 17.9 Å². The SMILES string of the molecule is CC(=N)/N=C(/C)NC[C@H]1CN[C@H](C)CN1CC(=O)N1CC(C)(C)c2cnc(Cc3ccc(F)cc3F)cc21. The molecule has 0 spiro atoms. The van der Waals surface area contributed by atoms with Gasteiger partial charge in [0.25, 0.3) is 0 Å². The first-order valence-electron chi connectivity index (χ1n) is 13.0. The number of benzene rings is 1. The maximum absolute atomic E-state index is 14.3. The van der Waals surface area contributed by atoms with E-state index >= 15 is 0 Å². The molecule has 3 N–H and O–H groups in total. The average molecular weight is 526 g/mol. The maximum Gasteiger partial charge on any atom is 0.241 e. The van der Waals surface area contributed by atoms with Crippen molar-refractivity contribution < 1.29 is 13.6 Å². The normalized spacial score (nSPS) is 21.3. The van der Waals surface area contributed by atoms with E-state index in [0.29, 0.717) is 30.2 Å². The predicted octanol–water partition coefficient (Wildman–Crippen LogP) is 3.24. The van der Waals surface area contributed by atoms with Gasteiger partial charge in [-0.2, -0.15) is 0 Å². The van der Waals surface area contributed by atoms with Gasteiger partial charge in [0.05, 0.1) is 12.2 Å². The lowest BCUT2D eigenvalue weighted by Gasteiger charge is -2.39. The minimum atomic E-state index is -0.616. The molecule has 1 aromatic heterocycles. The van der Waals surface area contributed by atoms with E-state index in [2.05, 4.69) is 46.3 Å². The van der Waals surface area contributed by atoms with Crippen LogP contribution in [0.1, 0.15) is 51.4 Å².